The van der Waals surface area contributed by atoms with Crippen molar-refractivity contribution in [3.63, 3.8) is 0 Å². The third-order valence-electron chi connectivity index (χ3n) is 6.22. The Hall–Kier alpha value is -2.61. The molecule has 190 valence electrons. The molecule has 1 fully saturated rings. The second kappa shape index (κ2) is 13.1. The van der Waals surface area contributed by atoms with Crippen molar-refractivity contribution < 1.29 is 14.6 Å². The maximum Gasteiger partial charge on any atom is 0.255 e. The van der Waals surface area contributed by atoms with Crippen LogP contribution >= 0.6 is 23.2 Å². The molecule has 6 nitrogen and oxygen atoms in total. The maximum atomic E-state index is 12.5. The van der Waals surface area contributed by atoms with E-state index in [9.17, 15) is 9.90 Å². The summed E-state index contributed by atoms with van der Waals surface area (Å²) in [6, 6.07) is 22.4. The number of likely N-dealkylation sites (tertiary alicyclic amines) is 1. The van der Waals surface area contributed by atoms with E-state index >= 15 is 0 Å². The van der Waals surface area contributed by atoms with E-state index in [0.717, 1.165) is 38.0 Å². The molecule has 1 heterocycles. The number of rotatable bonds is 10. The molecule has 0 saturated carbocycles. The highest BCUT2D eigenvalue weighted by molar-refractivity contribution is 6.42. The molecule has 3 aromatic rings. The second-order valence-corrected chi connectivity index (χ2v) is 9.80. The normalized spacial score (nSPS) is 15.4. The molecule has 3 N–H and O–H groups in total. The fourth-order valence-corrected chi connectivity index (χ4v) is 4.54. The fourth-order valence-electron chi connectivity index (χ4n) is 4.22. The van der Waals surface area contributed by atoms with Gasteiger partial charge in [0, 0.05) is 24.7 Å². The number of ether oxygens (including phenoxy) is 1. The van der Waals surface area contributed by atoms with Crippen molar-refractivity contribution in [3.05, 3.63) is 94.0 Å². The number of para-hydroxylation sites is 2. The van der Waals surface area contributed by atoms with Crippen molar-refractivity contribution in [3.8, 4) is 5.75 Å². The lowest BCUT2D eigenvalue weighted by Gasteiger charge is -2.33. The van der Waals surface area contributed by atoms with Gasteiger partial charge in [0.15, 0.2) is 0 Å². The largest absolute Gasteiger partial charge is 0.489 e. The van der Waals surface area contributed by atoms with Crippen LogP contribution in [0.2, 0.25) is 10.0 Å². The van der Waals surface area contributed by atoms with E-state index in [-0.39, 0.29) is 12.5 Å². The molecule has 0 radical (unpaired) electrons. The fraction of sp³-hybridized carbons (Fsp3) is 0.321. The SMILES string of the molecule is O=C(Nc1ccccc1OCC(O)CNC1CCN(Cc2ccc(Cl)c(Cl)c2)CC1)c1ccccc1. The van der Waals surface area contributed by atoms with Gasteiger partial charge < -0.3 is 20.5 Å². The van der Waals surface area contributed by atoms with Crippen molar-refractivity contribution in [2.45, 2.75) is 31.5 Å². The average Bonchev–Trinajstić information content (AvgIpc) is 2.90. The molecule has 0 spiro atoms. The number of aliphatic hydroxyl groups excluding tert-OH is 1. The highest BCUT2D eigenvalue weighted by atomic mass is 35.5. The lowest BCUT2D eigenvalue weighted by molar-refractivity contribution is 0.0978. The third-order valence-corrected chi connectivity index (χ3v) is 6.96. The summed E-state index contributed by atoms with van der Waals surface area (Å²) in [6.45, 7) is 3.36. The van der Waals surface area contributed by atoms with Crippen LogP contribution in [0.5, 0.6) is 5.75 Å². The second-order valence-electron chi connectivity index (χ2n) is 8.99. The number of nitrogens with one attached hydrogen (secondary N) is 2. The summed E-state index contributed by atoms with van der Waals surface area (Å²) in [4.78, 5) is 14.9. The van der Waals surface area contributed by atoms with E-state index in [1.165, 1.54) is 0 Å². The van der Waals surface area contributed by atoms with Crippen LogP contribution in [0.25, 0.3) is 0 Å². The Morgan fingerprint density at radius 2 is 1.72 bits per heavy atom. The zero-order chi connectivity index (χ0) is 25.3. The number of piperidine rings is 1. The summed E-state index contributed by atoms with van der Waals surface area (Å²) in [7, 11) is 0. The van der Waals surface area contributed by atoms with Crippen LogP contribution in [0.15, 0.2) is 72.8 Å². The Morgan fingerprint density at radius 1 is 1.00 bits per heavy atom. The highest BCUT2D eigenvalue weighted by Gasteiger charge is 2.20. The van der Waals surface area contributed by atoms with Crippen LogP contribution in [-0.2, 0) is 6.54 Å². The van der Waals surface area contributed by atoms with Gasteiger partial charge in [-0.3, -0.25) is 9.69 Å². The molecule has 1 unspecified atom stereocenters. The van der Waals surface area contributed by atoms with Crippen LogP contribution < -0.4 is 15.4 Å². The first kappa shape index (κ1) is 26.5. The summed E-state index contributed by atoms with van der Waals surface area (Å²) in [5.74, 6) is 0.316. The van der Waals surface area contributed by atoms with Crippen molar-refractivity contribution >= 4 is 34.8 Å². The molecule has 1 aliphatic rings. The number of aliphatic hydroxyl groups is 1. The molecule has 36 heavy (non-hydrogen) atoms. The minimum atomic E-state index is -0.669. The Bertz CT molecular complexity index is 1140. The molecule has 0 aliphatic carbocycles. The lowest BCUT2D eigenvalue weighted by atomic mass is 10.0. The van der Waals surface area contributed by atoms with E-state index in [1.54, 1.807) is 24.3 Å². The maximum absolute atomic E-state index is 12.5. The third kappa shape index (κ3) is 7.69. The molecular formula is C28H31Cl2N3O3. The number of benzene rings is 3. The van der Waals surface area contributed by atoms with E-state index < -0.39 is 6.10 Å². The van der Waals surface area contributed by atoms with Gasteiger partial charge in [-0.25, -0.2) is 0 Å². The average molecular weight is 528 g/mol. The Morgan fingerprint density at radius 3 is 2.47 bits per heavy atom. The van der Waals surface area contributed by atoms with Gasteiger partial charge in [-0.15, -0.1) is 0 Å². The molecule has 8 heteroatoms. The number of amides is 1. The van der Waals surface area contributed by atoms with Gasteiger partial charge in [0.1, 0.15) is 18.5 Å². The van der Waals surface area contributed by atoms with Gasteiger partial charge in [-0.05, 0) is 67.9 Å². The Labute approximate surface area is 222 Å². The van der Waals surface area contributed by atoms with Gasteiger partial charge >= 0.3 is 0 Å². The van der Waals surface area contributed by atoms with Gasteiger partial charge in [-0.1, -0.05) is 59.6 Å². The summed E-state index contributed by atoms with van der Waals surface area (Å²) in [5.41, 5.74) is 2.30. The van der Waals surface area contributed by atoms with E-state index in [1.807, 2.05) is 48.5 Å². The molecule has 1 aliphatic heterocycles. The number of halogens is 2. The van der Waals surface area contributed by atoms with Crippen LogP contribution in [0, 0.1) is 0 Å². The Balaban J connectivity index is 1.18. The predicted octanol–water partition coefficient (Wildman–Crippen LogP) is 5.24. The van der Waals surface area contributed by atoms with Gasteiger partial charge in [0.05, 0.1) is 15.7 Å². The molecule has 0 aromatic heterocycles. The molecule has 3 aromatic carbocycles. The zero-order valence-corrected chi connectivity index (χ0v) is 21.5. The van der Waals surface area contributed by atoms with Crippen molar-refractivity contribution in [1.82, 2.24) is 10.2 Å². The van der Waals surface area contributed by atoms with Crippen molar-refractivity contribution in [1.29, 1.82) is 0 Å². The summed E-state index contributed by atoms with van der Waals surface area (Å²) >= 11 is 12.1. The van der Waals surface area contributed by atoms with Gasteiger partial charge in [0.25, 0.3) is 5.91 Å². The quantitative estimate of drug-likeness (QED) is 0.336. The van der Waals surface area contributed by atoms with Crippen LogP contribution in [0.1, 0.15) is 28.8 Å². The molecule has 0 bridgehead atoms. The van der Waals surface area contributed by atoms with E-state index in [0.29, 0.717) is 39.6 Å². The number of hydrogen-bond acceptors (Lipinski definition) is 5. The molecular weight excluding hydrogens is 497 g/mol. The number of carbonyl (C=O) groups excluding carboxylic acids is 1. The van der Waals surface area contributed by atoms with Crippen molar-refractivity contribution in [2.24, 2.45) is 0 Å². The number of anilines is 1. The first-order valence-corrected chi connectivity index (χ1v) is 12.9. The van der Waals surface area contributed by atoms with Crippen LogP contribution in [0.3, 0.4) is 0 Å². The van der Waals surface area contributed by atoms with Crippen LogP contribution in [-0.4, -0.2) is 54.3 Å². The van der Waals surface area contributed by atoms with E-state index in [4.69, 9.17) is 27.9 Å². The predicted molar refractivity (Wildman–Crippen MR) is 145 cm³/mol. The molecule has 1 atom stereocenters. The first-order chi connectivity index (χ1) is 17.5. The minimum Gasteiger partial charge on any atom is -0.489 e. The molecule has 1 amide bonds. The molecule has 4 rings (SSSR count). The monoisotopic (exact) mass is 527 g/mol. The lowest BCUT2D eigenvalue weighted by Crippen LogP contribution is -2.45. The van der Waals surface area contributed by atoms with E-state index in [2.05, 4.69) is 15.5 Å². The molecule has 1 saturated heterocycles. The number of carbonyl (C=O) groups is 1. The van der Waals surface area contributed by atoms with Gasteiger partial charge in [-0.2, -0.15) is 0 Å². The zero-order valence-electron chi connectivity index (χ0n) is 20.0. The summed E-state index contributed by atoms with van der Waals surface area (Å²) in [6.07, 6.45) is 1.34. The first-order valence-electron chi connectivity index (χ1n) is 12.1. The number of nitrogens with zero attached hydrogens (tertiary/aromatic N) is 1. The standard InChI is InChI=1S/C28H31Cl2N3O3/c29-24-11-10-20(16-25(24)30)18-33-14-12-22(13-15-33)31-17-23(34)19-36-27-9-5-4-8-26(27)32-28(35)21-6-2-1-3-7-21/h1-11,16,22-23,31,34H,12-15,17-19H2,(H,32,35). The summed E-state index contributed by atoms with van der Waals surface area (Å²) in [5, 5.41) is 18.0. The van der Waals surface area contributed by atoms with Gasteiger partial charge in [0.2, 0.25) is 0 Å². The minimum absolute atomic E-state index is 0.126. The smallest absolute Gasteiger partial charge is 0.255 e. The number of hydrogen-bond donors (Lipinski definition) is 3. The topological polar surface area (TPSA) is 73.8 Å². The van der Waals surface area contributed by atoms with Crippen molar-refractivity contribution in [2.75, 3.05) is 31.6 Å². The summed E-state index contributed by atoms with van der Waals surface area (Å²) < 4.78 is 5.84. The van der Waals surface area contributed by atoms with Crippen LogP contribution in [0.4, 0.5) is 5.69 Å². The Kier molecular flexibility index (Phi) is 9.61. The highest BCUT2D eigenvalue weighted by Crippen LogP contribution is 2.25.